The van der Waals surface area contributed by atoms with Crippen LogP contribution in [0.15, 0.2) is 48.5 Å². The lowest BCUT2D eigenvalue weighted by molar-refractivity contribution is -0.159. The SMILES string of the molecule is COc1ccc(C23CC4CC(CC(C(=O)N(C)Cc5ccc(N6CCOCC6)cc5)(C4)C2)C3)cc1. The minimum atomic E-state index is -0.202. The molecule has 5 heteroatoms. The Hall–Kier alpha value is -2.53. The quantitative estimate of drug-likeness (QED) is 0.589. The molecule has 1 amide bonds. The molecule has 4 aliphatic carbocycles. The predicted molar refractivity (Wildman–Crippen MR) is 138 cm³/mol. The Bertz CT molecular complexity index is 1040. The molecule has 2 unspecified atom stereocenters. The van der Waals surface area contributed by atoms with Gasteiger partial charge in [0.2, 0.25) is 5.91 Å². The van der Waals surface area contributed by atoms with Crippen LogP contribution in [0, 0.1) is 17.3 Å². The van der Waals surface area contributed by atoms with E-state index in [1.165, 1.54) is 36.1 Å². The van der Waals surface area contributed by atoms with E-state index in [4.69, 9.17) is 9.47 Å². The van der Waals surface area contributed by atoms with Crippen LogP contribution in [0.1, 0.15) is 49.7 Å². The van der Waals surface area contributed by atoms with Crippen molar-refractivity contribution >= 4 is 11.6 Å². The van der Waals surface area contributed by atoms with Gasteiger partial charge in [-0.1, -0.05) is 24.3 Å². The Balaban J connectivity index is 1.19. The number of hydrogen-bond donors (Lipinski definition) is 0. The normalized spacial score (nSPS) is 31.4. The zero-order valence-corrected chi connectivity index (χ0v) is 21.2. The molecule has 0 radical (unpaired) electrons. The molecule has 4 bridgehead atoms. The predicted octanol–water partition coefficient (Wildman–Crippen LogP) is 5.03. The highest BCUT2D eigenvalue weighted by atomic mass is 16.5. The smallest absolute Gasteiger partial charge is 0.228 e. The van der Waals surface area contributed by atoms with E-state index < -0.39 is 0 Å². The fraction of sp³-hybridized carbons (Fsp3) is 0.567. The first kappa shape index (κ1) is 22.9. The van der Waals surface area contributed by atoms with Crippen LogP contribution in [0.2, 0.25) is 0 Å². The van der Waals surface area contributed by atoms with Crippen molar-refractivity contribution in [1.29, 1.82) is 0 Å². The van der Waals surface area contributed by atoms with Crippen LogP contribution in [-0.2, 0) is 21.5 Å². The Morgan fingerprint density at radius 3 is 2.29 bits per heavy atom. The van der Waals surface area contributed by atoms with Crippen LogP contribution in [-0.4, -0.2) is 51.3 Å². The van der Waals surface area contributed by atoms with Crippen LogP contribution >= 0.6 is 0 Å². The highest BCUT2D eigenvalue weighted by molar-refractivity contribution is 5.83. The van der Waals surface area contributed by atoms with Crippen LogP contribution in [0.5, 0.6) is 5.75 Å². The summed E-state index contributed by atoms with van der Waals surface area (Å²) < 4.78 is 10.9. The van der Waals surface area contributed by atoms with Gasteiger partial charge in [0.05, 0.1) is 25.7 Å². The molecular formula is C30H38N2O3. The number of ether oxygens (including phenoxy) is 2. The Kier molecular flexibility index (Phi) is 5.79. The molecule has 1 heterocycles. The second kappa shape index (κ2) is 8.85. The summed E-state index contributed by atoms with van der Waals surface area (Å²) in [6.45, 7) is 4.15. The maximum absolute atomic E-state index is 14.1. The van der Waals surface area contributed by atoms with Crippen molar-refractivity contribution in [1.82, 2.24) is 4.90 Å². The minimum Gasteiger partial charge on any atom is -0.497 e. The van der Waals surface area contributed by atoms with Gasteiger partial charge < -0.3 is 19.3 Å². The number of benzene rings is 2. The summed E-state index contributed by atoms with van der Waals surface area (Å²) in [7, 11) is 3.73. The van der Waals surface area contributed by atoms with Crippen molar-refractivity contribution in [2.45, 2.75) is 50.5 Å². The van der Waals surface area contributed by atoms with Crippen molar-refractivity contribution in [3.05, 3.63) is 59.7 Å². The lowest BCUT2D eigenvalue weighted by atomic mass is 9.42. The molecule has 0 aromatic heterocycles. The van der Waals surface area contributed by atoms with Crippen molar-refractivity contribution in [3.8, 4) is 5.75 Å². The Labute approximate surface area is 209 Å². The molecule has 1 saturated heterocycles. The summed E-state index contributed by atoms with van der Waals surface area (Å²) in [6, 6.07) is 17.5. The van der Waals surface area contributed by atoms with Crippen molar-refractivity contribution in [2.75, 3.05) is 45.4 Å². The van der Waals surface area contributed by atoms with Crippen molar-refractivity contribution in [2.24, 2.45) is 17.3 Å². The summed E-state index contributed by atoms with van der Waals surface area (Å²) in [5.74, 6) is 2.61. The molecule has 0 spiro atoms. The first-order valence-corrected chi connectivity index (χ1v) is 13.3. The number of anilines is 1. The molecule has 186 valence electrons. The van der Waals surface area contributed by atoms with Crippen LogP contribution in [0.4, 0.5) is 5.69 Å². The van der Waals surface area contributed by atoms with E-state index in [-0.39, 0.29) is 10.8 Å². The summed E-state index contributed by atoms with van der Waals surface area (Å²) in [5.41, 5.74) is 3.80. The molecule has 7 rings (SSSR count). The third-order valence-corrected chi connectivity index (χ3v) is 9.30. The molecule has 2 atom stereocenters. The van der Waals surface area contributed by atoms with E-state index in [9.17, 15) is 4.79 Å². The highest BCUT2D eigenvalue weighted by Crippen LogP contribution is 2.66. The molecule has 2 aromatic carbocycles. The van der Waals surface area contributed by atoms with Gasteiger partial charge in [-0.05, 0) is 91.2 Å². The third-order valence-electron chi connectivity index (χ3n) is 9.30. The average Bonchev–Trinajstić information content (AvgIpc) is 2.88. The number of nitrogens with zero attached hydrogens (tertiary/aromatic N) is 2. The summed E-state index contributed by atoms with van der Waals surface area (Å²) >= 11 is 0. The maximum Gasteiger partial charge on any atom is 0.228 e. The van der Waals surface area contributed by atoms with Crippen molar-refractivity contribution in [3.63, 3.8) is 0 Å². The molecule has 5 fully saturated rings. The Morgan fingerprint density at radius 1 is 1.00 bits per heavy atom. The van der Waals surface area contributed by atoms with E-state index >= 15 is 0 Å². The van der Waals surface area contributed by atoms with E-state index in [0.717, 1.165) is 51.3 Å². The van der Waals surface area contributed by atoms with Gasteiger partial charge in [-0.25, -0.2) is 0 Å². The van der Waals surface area contributed by atoms with Gasteiger partial charge in [-0.15, -0.1) is 0 Å². The number of methoxy groups -OCH3 is 1. The van der Waals surface area contributed by atoms with Gasteiger partial charge >= 0.3 is 0 Å². The van der Waals surface area contributed by atoms with E-state index in [1.54, 1.807) is 7.11 Å². The second-order valence-corrected chi connectivity index (χ2v) is 11.7. The molecule has 5 aliphatic rings. The number of carbonyl (C=O) groups excluding carboxylic acids is 1. The molecule has 35 heavy (non-hydrogen) atoms. The molecule has 4 saturated carbocycles. The topological polar surface area (TPSA) is 42.0 Å². The summed E-state index contributed by atoms with van der Waals surface area (Å²) in [5, 5.41) is 0. The first-order chi connectivity index (χ1) is 17.0. The monoisotopic (exact) mass is 474 g/mol. The molecule has 0 N–H and O–H groups in total. The van der Waals surface area contributed by atoms with Gasteiger partial charge in [-0.2, -0.15) is 0 Å². The molecule has 1 aliphatic heterocycles. The summed E-state index contributed by atoms with van der Waals surface area (Å²) in [4.78, 5) is 18.5. The van der Waals surface area contributed by atoms with Crippen LogP contribution < -0.4 is 9.64 Å². The second-order valence-electron chi connectivity index (χ2n) is 11.7. The zero-order chi connectivity index (χ0) is 24.0. The van der Waals surface area contributed by atoms with Gasteiger partial charge in [0.1, 0.15) is 5.75 Å². The largest absolute Gasteiger partial charge is 0.497 e. The highest BCUT2D eigenvalue weighted by Gasteiger charge is 2.61. The fourth-order valence-corrected chi connectivity index (χ4v) is 8.18. The van der Waals surface area contributed by atoms with Gasteiger partial charge in [-0.3, -0.25) is 4.79 Å². The van der Waals surface area contributed by atoms with Gasteiger partial charge in [0, 0.05) is 32.4 Å². The third kappa shape index (κ3) is 4.12. The number of carbonyl (C=O) groups is 1. The number of amides is 1. The fourth-order valence-electron chi connectivity index (χ4n) is 8.18. The average molecular weight is 475 g/mol. The lowest BCUT2D eigenvalue weighted by Gasteiger charge is -2.62. The first-order valence-electron chi connectivity index (χ1n) is 13.3. The van der Waals surface area contributed by atoms with E-state index in [1.807, 2.05) is 11.9 Å². The standard InChI is InChI=1S/C30H38N2O3/c1-31(20-22-3-7-26(8-4-22)32-11-13-35-14-12-32)28(33)30-18-23-15-24(19-30)17-29(16-23,21-30)25-5-9-27(34-2)10-6-25/h3-10,23-24H,11-21H2,1-2H3. The minimum absolute atomic E-state index is 0.145. The maximum atomic E-state index is 14.1. The molecular weight excluding hydrogens is 436 g/mol. The van der Waals surface area contributed by atoms with Gasteiger partial charge in [0.15, 0.2) is 0 Å². The Morgan fingerprint density at radius 2 is 1.66 bits per heavy atom. The zero-order valence-electron chi connectivity index (χ0n) is 21.2. The molecule has 2 aromatic rings. The number of hydrogen-bond acceptors (Lipinski definition) is 4. The van der Waals surface area contributed by atoms with Crippen molar-refractivity contribution < 1.29 is 14.3 Å². The van der Waals surface area contributed by atoms with Crippen LogP contribution in [0.3, 0.4) is 0 Å². The number of morpholine rings is 1. The summed E-state index contributed by atoms with van der Waals surface area (Å²) in [6.07, 6.45) is 6.91. The van der Waals surface area contributed by atoms with Gasteiger partial charge in [0.25, 0.3) is 0 Å². The lowest BCUT2D eigenvalue weighted by Crippen LogP contribution is -2.59. The number of rotatable bonds is 6. The van der Waals surface area contributed by atoms with E-state index in [2.05, 4.69) is 53.4 Å². The molecule has 5 nitrogen and oxygen atoms in total. The van der Waals surface area contributed by atoms with E-state index in [0.29, 0.717) is 24.3 Å². The van der Waals surface area contributed by atoms with Crippen LogP contribution in [0.25, 0.3) is 0 Å².